The molecule has 138 valence electrons. The smallest absolute Gasteiger partial charge is 0.254 e. The first-order valence-corrected chi connectivity index (χ1v) is 9.11. The van der Waals surface area contributed by atoms with Gasteiger partial charge in [-0.2, -0.15) is 0 Å². The Hall–Kier alpha value is -3.21. The van der Waals surface area contributed by atoms with Crippen LogP contribution in [0.15, 0.2) is 60.9 Å². The van der Waals surface area contributed by atoms with E-state index in [1.807, 2.05) is 50.2 Å². The van der Waals surface area contributed by atoms with E-state index in [0.29, 0.717) is 18.1 Å². The molecule has 2 aromatic carbocycles. The Morgan fingerprint density at radius 3 is 2.26 bits per heavy atom. The fourth-order valence-corrected chi connectivity index (χ4v) is 2.87. The van der Waals surface area contributed by atoms with Crippen molar-refractivity contribution in [2.75, 3.05) is 11.9 Å². The van der Waals surface area contributed by atoms with Crippen molar-refractivity contribution in [3.8, 4) is 0 Å². The van der Waals surface area contributed by atoms with E-state index in [2.05, 4.69) is 32.7 Å². The van der Waals surface area contributed by atoms with Crippen LogP contribution >= 0.6 is 0 Å². The van der Waals surface area contributed by atoms with Gasteiger partial charge in [-0.3, -0.25) is 4.79 Å². The summed E-state index contributed by atoms with van der Waals surface area (Å²) in [5.74, 6) is 0.328. The first kappa shape index (κ1) is 18.6. The number of anilines is 2. The van der Waals surface area contributed by atoms with Gasteiger partial charge in [-0.25, -0.2) is 9.97 Å². The molecule has 1 amide bonds. The molecule has 0 saturated heterocycles. The van der Waals surface area contributed by atoms with Crippen LogP contribution in [0.1, 0.15) is 33.5 Å². The molecule has 0 bridgehead atoms. The minimum Gasteiger partial charge on any atom is -0.352 e. The molecule has 0 radical (unpaired) electrons. The topological polar surface area (TPSA) is 66.9 Å². The Labute approximate surface area is 159 Å². The van der Waals surface area contributed by atoms with Crippen molar-refractivity contribution in [2.45, 2.75) is 26.7 Å². The van der Waals surface area contributed by atoms with E-state index in [9.17, 15) is 4.79 Å². The van der Waals surface area contributed by atoms with Crippen molar-refractivity contribution in [2.24, 2.45) is 0 Å². The highest BCUT2D eigenvalue weighted by Crippen LogP contribution is 2.22. The summed E-state index contributed by atoms with van der Waals surface area (Å²) in [6, 6.07) is 16.3. The van der Waals surface area contributed by atoms with Gasteiger partial charge in [0.05, 0.1) is 5.56 Å². The fraction of sp³-hybridized carbons (Fsp3) is 0.227. The maximum atomic E-state index is 12.2. The van der Waals surface area contributed by atoms with Crippen molar-refractivity contribution in [3.05, 3.63) is 83.2 Å². The number of hydrogen-bond donors (Lipinski definition) is 2. The molecule has 5 nitrogen and oxygen atoms in total. The van der Waals surface area contributed by atoms with E-state index in [0.717, 1.165) is 29.7 Å². The molecule has 5 heteroatoms. The Kier molecular flexibility index (Phi) is 6.15. The van der Waals surface area contributed by atoms with Crippen LogP contribution in [0.3, 0.4) is 0 Å². The Bertz CT molecular complexity index is 872. The number of nitrogens with zero attached hydrogens (tertiary/aromatic N) is 2. The first-order chi connectivity index (χ1) is 13.1. The van der Waals surface area contributed by atoms with Crippen molar-refractivity contribution >= 4 is 17.5 Å². The summed E-state index contributed by atoms with van der Waals surface area (Å²) in [4.78, 5) is 20.8. The van der Waals surface area contributed by atoms with Gasteiger partial charge in [-0.15, -0.1) is 0 Å². The number of rotatable bonds is 7. The molecule has 0 fully saturated rings. The minimum absolute atomic E-state index is 0.151. The first-order valence-electron chi connectivity index (χ1n) is 9.11. The van der Waals surface area contributed by atoms with Gasteiger partial charge in [0.25, 0.3) is 5.91 Å². The summed E-state index contributed by atoms with van der Waals surface area (Å²) in [6.45, 7) is 4.69. The number of benzene rings is 2. The van der Waals surface area contributed by atoms with Crippen LogP contribution in [0.4, 0.5) is 11.6 Å². The molecule has 0 aliphatic heterocycles. The molecule has 0 aliphatic rings. The average molecular weight is 360 g/mol. The van der Waals surface area contributed by atoms with Gasteiger partial charge in [-0.1, -0.05) is 48.5 Å². The molecule has 0 saturated carbocycles. The maximum absolute atomic E-state index is 12.2. The standard InChI is InChI=1S/C22H24N4O/c1-16-8-6-9-17(2)20(16)26-22-24-14-19(15-25-22)21(27)23-13-7-12-18-10-4-3-5-11-18/h3-6,8-11,14-15H,7,12-13H2,1-2H3,(H,23,27)(H,24,25,26). The molecule has 3 aromatic rings. The zero-order valence-electron chi connectivity index (χ0n) is 15.7. The van der Waals surface area contributed by atoms with Crippen LogP contribution in [-0.2, 0) is 6.42 Å². The van der Waals surface area contributed by atoms with Crippen LogP contribution in [0.5, 0.6) is 0 Å². The van der Waals surface area contributed by atoms with Gasteiger partial charge in [0.2, 0.25) is 5.95 Å². The van der Waals surface area contributed by atoms with Crippen LogP contribution in [-0.4, -0.2) is 22.4 Å². The van der Waals surface area contributed by atoms with Gasteiger partial charge >= 0.3 is 0 Å². The third-order valence-electron chi connectivity index (χ3n) is 4.40. The van der Waals surface area contributed by atoms with Gasteiger partial charge in [0.15, 0.2) is 0 Å². The quantitative estimate of drug-likeness (QED) is 0.620. The number of aromatic nitrogens is 2. The second kappa shape index (κ2) is 8.94. The zero-order chi connectivity index (χ0) is 19.1. The highest BCUT2D eigenvalue weighted by Gasteiger charge is 2.08. The van der Waals surface area contributed by atoms with Crippen LogP contribution in [0.2, 0.25) is 0 Å². The van der Waals surface area contributed by atoms with Crippen molar-refractivity contribution < 1.29 is 4.79 Å². The van der Waals surface area contributed by atoms with Gasteiger partial charge < -0.3 is 10.6 Å². The molecule has 1 aromatic heterocycles. The Balaban J connectivity index is 1.51. The minimum atomic E-state index is -0.151. The monoisotopic (exact) mass is 360 g/mol. The summed E-state index contributed by atoms with van der Waals surface area (Å²) in [5.41, 5.74) is 4.98. The van der Waals surface area contributed by atoms with E-state index in [1.165, 1.54) is 5.56 Å². The van der Waals surface area contributed by atoms with Crippen LogP contribution in [0, 0.1) is 13.8 Å². The Morgan fingerprint density at radius 2 is 1.59 bits per heavy atom. The molecule has 0 unspecified atom stereocenters. The maximum Gasteiger partial charge on any atom is 0.254 e. The molecule has 0 aliphatic carbocycles. The van der Waals surface area contributed by atoms with E-state index in [-0.39, 0.29) is 5.91 Å². The SMILES string of the molecule is Cc1cccc(C)c1Nc1ncc(C(=O)NCCCc2ccccc2)cn1. The van der Waals surface area contributed by atoms with Crippen LogP contribution in [0.25, 0.3) is 0 Å². The van der Waals surface area contributed by atoms with Gasteiger partial charge in [0, 0.05) is 24.6 Å². The van der Waals surface area contributed by atoms with Crippen molar-refractivity contribution in [3.63, 3.8) is 0 Å². The molecule has 0 spiro atoms. The summed E-state index contributed by atoms with van der Waals surface area (Å²) in [5, 5.41) is 6.14. The van der Waals surface area contributed by atoms with E-state index >= 15 is 0 Å². The lowest BCUT2D eigenvalue weighted by Crippen LogP contribution is -2.25. The number of carbonyl (C=O) groups is 1. The van der Waals surface area contributed by atoms with E-state index < -0.39 is 0 Å². The fourth-order valence-electron chi connectivity index (χ4n) is 2.87. The highest BCUT2D eigenvalue weighted by atomic mass is 16.1. The average Bonchev–Trinajstić information content (AvgIpc) is 2.69. The number of carbonyl (C=O) groups excluding carboxylic acids is 1. The highest BCUT2D eigenvalue weighted by molar-refractivity contribution is 5.93. The van der Waals surface area contributed by atoms with E-state index in [1.54, 1.807) is 12.4 Å². The van der Waals surface area contributed by atoms with E-state index in [4.69, 9.17) is 0 Å². The summed E-state index contributed by atoms with van der Waals surface area (Å²) in [7, 11) is 0. The third kappa shape index (κ3) is 5.14. The second-order valence-electron chi connectivity index (χ2n) is 6.53. The molecule has 27 heavy (non-hydrogen) atoms. The molecule has 2 N–H and O–H groups in total. The summed E-state index contributed by atoms with van der Waals surface area (Å²) in [6.07, 6.45) is 4.93. The largest absolute Gasteiger partial charge is 0.352 e. The van der Waals surface area contributed by atoms with Gasteiger partial charge in [-0.05, 0) is 43.4 Å². The number of para-hydroxylation sites is 1. The molecular weight excluding hydrogens is 336 g/mol. The molecule has 1 heterocycles. The Morgan fingerprint density at radius 1 is 0.926 bits per heavy atom. The van der Waals surface area contributed by atoms with Crippen molar-refractivity contribution in [1.29, 1.82) is 0 Å². The molecule has 3 rings (SSSR count). The van der Waals surface area contributed by atoms with Crippen molar-refractivity contribution in [1.82, 2.24) is 15.3 Å². The number of nitrogens with one attached hydrogen (secondary N) is 2. The lowest BCUT2D eigenvalue weighted by atomic mass is 10.1. The predicted octanol–water partition coefficient (Wildman–Crippen LogP) is 4.20. The normalized spacial score (nSPS) is 10.4. The second-order valence-corrected chi connectivity index (χ2v) is 6.53. The molecular formula is C22H24N4O. The summed E-state index contributed by atoms with van der Waals surface area (Å²) >= 11 is 0. The number of amides is 1. The van der Waals surface area contributed by atoms with Gasteiger partial charge in [0.1, 0.15) is 0 Å². The number of hydrogen-bond acceptors (Lipinski definition) is 4. The lowest BCUT2D eigenvalue weighted by molar-refractivity contribution is 0.0952. The zero-order valence-corrected chi connectivity index (χ0v) is 15.7. The third-order valence-corrected chi connectivity index (χ3v) is 4.40. The number of aryl methyl sites for hydroxylation is 3. The predicted molar refractivity (Wildman–Crippen MR) is 108 cm³/mol. The van der Waals surface area contributed by atoms with Crippen LogP contribution < -0.4 is 10.6 Å². The molecule has 0 atom stereocenters. The summed E-state index contributed by atoms with van der Waals surface area (Å²) < 4.78 is 0. The lowest BCUT2D eigenvalue weighted by Gasteiger charge is -2.11.